The molecule has 4 rings (SSSR count). The number of benzene rings is 2. The van der Waals surface area contributed by atoms with Crippen LogP contribution in [0.25, 0.3) is 0 Å². The van der Waals surface area contributed by atoms with E-state index in [0.717, 1.165) is 11.4 Å². The maximum atomic E-state index is 13.1. The Kier molecular flexibility index (Phi) is 4.99. The zero-order chi connectivity index (χ0) is 20.6. The van der Waals surface area contributed by atoms with E-state index in [1.807, 2.05) is 0 Å². The first-order valence-corrected chi connectivity index (χ1v) is 9.19. The van der Waals surface area contributed by atoms with Crippen molar-refractivity contribution in [1.82, 2.24) is 0 Å². The van der Waals surface area contributed by atoms with E-state index in [2.05, 4.69) is 10.6 Å². The highest BCUT2D eigenvalue weighted by Crippen LogP contribution is 2.33. The molecule has 1 saturated heterocycles. The number of anilines is 4. The number of amides is 1. The number of ether oxygens (including phenoxy) is 2. The molecule has 2 N–H and O–H groups in total. The predicted molar refractivity (Wildman–Crippen MR) is 103 cm³/mol. The lowest BCUT2D eigenvalue weighted by atomic mass is 10.1. The van der Waals surface area contributed by atoms with Crippen LogP contribution >= 0.6 is 0 Å². The van der Waals surface area contributed by atoms with Gasteiger partial charge in [-0.15, -0.1) is 0 Å². The number of nitrogens with one attached hydrogen (secondary N) is 2. The average Bonchev–Trinajstić information content (AvgIpc) is 2.67. The monoisotopic (exact) mass is 407 g/mol. The molecule has 0 bridgehead atoms. The van der Waals surface area contributed by atoms with Crippen LogP contribution in [0.15, 0.2) is 42.5 Å². The molecule has 2 heterocycles. The lowest BCUT2D eigenvalue weighted by Crippen LogP contribution is -2.52. The fourth-order valence-electron chi connectivity index (χ4n) is 3.42. The van der Waals surface area contributed by atoms with Crippen molar-refractivity contribution < 1.29 is 27.4 Å². The van der Waals surface area contributed by atoms with Crippen LogP contribution in [0.5, 0.6) is 5.75 Å². The zero-order valence-electron chi connectivity index (χ0n) is 15.6. The lowest BCUT2D eigenvalue weighted by molar-refractivity contribution is -0.233. The maximum absolute atomic E-state index is 13.1. The molecule has 2 aliphatic rings. The van der Waals surface area contributed by atoms with Gasteiger partial charge in [0.1, 0.15) is 5.75 Å². The molecule has 2 aromatic carbocycles. The fraction of sp³-hybridized carbons (Fsp3) is 0.350. The molecule has 0 saturated carbocycles. The van der Waals surface area contributed by atoms with Gasteiger partial charge in [-0.2, -0.15) is 13.2 Å². The Morgan fingerprint density at radius 1 is 1.10 bits per heavy atom. The number of fused-ring (bicyclic) bond motifs is 1. The topological polar surface area (TPSA) is 62.8 Å². The molecule has 2 unspecified atom stereocenters. The van der Waals surface area contributed by atoms with Crippen molar-refractivity contribution in [2.75, 3.05) is 35.2 Å². The number of nitrogens with zero attached hydrogens (tertiary/aromatic N) is 1. The molecule has 0 aromatic heterocycles. The van der Waals surface area contributed by atoms with E-state index in [1.54, 1.807) is 54.3 Å². The number of hydrogen-bond acceptors (Lipinski definition) is 5. The Hall–Kier alpha value is -2.94. The molecule has 29 heavy (non-hydrogen) atoms. The molecular weight excluding hydrogens is 387 g/mol. The second-order valence-electron chi connectivity index (χ2n) is 7.10. The number of carbonyl (C=O) groups excluding carboxylic acids is 1. The molecule has 2 atom stereocenters. The van der Waals surface area contributed by atoms with Crippen molar-refractivity contribution >= 4 is 28.7 Å². The van der Waals surface area contributed by atoms with Crippen LogP contribution in [-0.4, -0.2) is 44.0 Å². The normalized spacial score (nSPS) is 21.8. The van der Waals surface area contributed by atoms with Crippen molar-refractivity contribution in [3.05, 3.63) is 42.5 Å². The van der Waals surface area contributed by atoms with Crippen LogP contribution < -0.4 is 20.3 Å². The van der Waals surface area contributed by atoms with Gasteiger partial charge in [0.05, 0.1) is 18.3 Å². The summed E-state index contributed by atoms with van der Waals surface area (Å²) in [5.41, 5.74) is 2.87. The van der Waals surface area contributed by atoms with Gasteiger partial charge in [-0.1, -0.05) is 0 Å². The van der Waals surface area contributed by atoms with Gasteiger partial charge in [0.15, 0.2) is 12.7 Å². The minimum absolute atomic E-state index is 0.0258. The van der Waals surface area contributed by atoms with Gasteiger partial charge in [0.2, 0.25) is 0 Å². The largest absolute Gasteiger partial charge is 0.482 e. The van der Waals surface area contributed by atoms with Crippen molar-refractivity contribution in [2.45, 2.75) is 25.3 Å². The number of halogens is 3. The molecule has 6 nitrogen and oxygen atoms in total. The summed E-state index contributed by atoms with van der Waals surface area (Å²) in [4.78, 5) is 13.0. The van der Waals surface area contributed by atoms with Gasteiger partial charge >= 0.3 is 6.18 Å². The van der Waals surface area contributed by atoms with Crippen LogP contribution in [0.3, 0.4) is 0 Å². The van der Waals surface area contributed by atoms with Gasteiger partial charge in [0, 0.05) is 29.7 Å². The molecule has 2 aromatic rings. The summed E-state index contributed by atoms with van der Waals surface area (Å²) in [6.07, 6.45) is -6.69. The highest BCUT2D eigenvalue weighted by Gasteiger charge is 2.45. The molecule has 1 fully saturated rings. The van der Waals surface area contributed by atoms with E-state index >= 15 is 0 Å². The number of morpholine rings is 1. The van der Waals surface area contributed by atoms with Crippen LogP contribution in [-0.2, 0) is 9.53 Å². The molecule has 2 aliphatic heterocycles. The lowest BCUT2D eigenvalue weighted by Gasteiger charge is -2.38. The first-order chi connectivity index (χ1) is 13.8. The first-order valence-electron chi connectivity index (χ1n) is 9.19. The third-order valence-electron chi connectivity index (χ3n) is 4.76. The molecule has 0 radical (unpaired) electrons. The molecule has 0 spiro atoms. The van der Waals surface area contributed by atoms with Crippen LogP contribution in [0.2, 0.25) is 0 Å². The molecule has 0 aliphatic carbocycles. The highest BCUT2D eigenvalue weighted by atomic mass is 19.4. The third-order valence-corrected chi connectivity index (χ3v) is 4.76. The molecule has 1 amide bonds. The van der Waals surface area contributed by atoms with Crippen molar-refractivity contribution in [3.63, 3.8) is 0 Å². The minimum Gasteiger partial charge on any atom is -0.482 e. The Bertz CT molecular complexity index is 902. The van der Waals surface area contributed by atoms with Crippen LogP contribution in [0.4, 0.5) is 35.9 Å². The average molecular weight is 407 g/mol. The van der Waals surface area contributed by atoms with Crippen molar-refractivity contribution in [1.29, 1.82) is 0 Å². The molecular formula is C20H20F3N3O3. The first kappa shape index (κ1) is 19.4. The third kappa shape index (κ3) is 4.40. The van der Waals surface area contributed by atoms with Gasteiger partial charge < -0.3 is 25.0 Å². The number of carbonyl (C=O) groups is 1. The summed E-state index contributed by atoms with van der Waals surface area (Å²) in [6.45, 7) is 1.78. The number of hydrogen-bond donors (Lipinski definition) is 2. The van der Waals surface area contributed by atoms with Gasteiger partial charge in [-0.3, -0.25) is 4.79 Å². The number of rotatable bonds is 3. The predicted octanol–water partition coefficient (Wildman–Crippen LogP) is 3.92. The van der Waals surface area contributed by atoms with Gasteiger partial charge in [0.25, 0.3) is 5.91 Å². The molecule has 9 heteroatoms. The summed E-state index contributed by atoms with van der Waals surface area (Å²) in [5.74, 6) is 0.380. The molecule has 154 valence electrons. The van der Waals surface area contributed by atoms with E-state index in [1.165, 1.54) is 0 Å². The van der Waals surface area contributed by atoms with Crippen molar-refractivity contribution in [2.24, 2.45) is 0 Å². The van der Waals surface area contributed by atoms with Gasteiger partial charge in [-0.25, -0.2) is 0 Å². The summed E-state index contributed by atoms with van der Waals surface area (Å²) >= 11 is 0. The smallest absolute Gasteiger partial charge is 0.416 e. The maximum Gasteiger partial charge on any atom is 0.416 e. The van der Waals surface area contributed by atoms with Gasteiger partial charge in [-0.05, 0) is 43.3 Å². The zero-order valence-corrected chi connectivity index (χ0v) is 15.6. The summed E-state index contributed by atoms with van der Waals surface area (Å²) in [5, 5.41) is 5.95. The van der Waals surface area contributed by atoms with Crippen molar-refractivity contribution in [3.8, 4) is 5.75 Å². The van der Waals surface area contributed by atoms with E-state index in [4.69, 9.17) is 9.47 Å². The van der Waals surface area contributed by atoms with E-state index in [0.29, 0.717) is 23.7 Å². The van der Waals surface area contributed by atoms with E-state index in [9.17, 15) is 18.0 Å². The Morgan fingerprint density at radius 2 is 1.83 bits per heavy atom. The highest BCUT2D eigenvalue weighted by molar-refractivity contribution is 5.95. The fourth-order valence-corrected chi connectivity index (χ4v) is 3.42. The number of alkyl halides is 3. The summed E-state index contributed by atoms with van der Waals surface area (Å²) in [7, 11) is 0. The minimum atomic E-state index is -4.39. The quantitative estimate of drug-likeness (QED) is 0.808. The summed E-state index contributed by atoms with van der Waals surface area (Å²) < 4.78 is 49.6. The van der Waals surface area contributed by atoms with E-state index < -0.39 is 18.4 Å². The Labute approximate surface area is 165 Å². The Morgan fingerprint density at radius 3 is 2.55 bits per heavy atom. The SMILES string of the molecule is CC1CN(c2ccc(Nc3ccc4c(c3)OCC(=O)N4)cc2)CC(C(F)(F)F)O1. The standard InChI is InChI=1S/C20H20F3N3O3/c1-12-9-26(10-18(29-12)20(21,22)23)15-5-2-13(3-6-15)24-14-4-7-16-17(8-14)28-11-19(27)25-16/h2-8,12,18,24H,9-11H2,1H3,(H,25,27). The second-order valence-corrected chi connectivity index (χ2v) is 7.10. The van der Waals surface area contributed by atoms with E-state index in [-0.39, 0.29) is 19.1 Å². The van der Waals surface area contributed by atoms with Crippen LogP contribution in [0, 0.1) is 0 Å². The summed E-state index contributed by atoms with van der Waals surface area (Å²) in [6, 6.07) is 12.5. The second kappa shape index (κ2) is 7.47. The van der Waals surface area contributed by atoms with Crippen LogP contribution in [0.1, 0.15) is 6.92 Å². The Balaban J connectivity index is 1.45.